The number of thioether (sulfide) groups is 1. The lowest BCUT2D eigenvalue weighted by molar-refractivity contribution is 0.298. The average molecular weight is 636 g/mol. The van der Waals surface area contributed by atoms with Gasteiger partial charge in [0.25, 0.3) is 0 Å². The summed E-state index contributed by atoms with van der Waals surface area (Å²) in [5.41, 5.74) is 7.60. The monoisotopic (exact) mass is 635 g/mol. The molecular weight excluding hydrogens is 602 g/mol. The first-order valence-corrected chi connectivity index (χ1v) is 16.4. The Kier molecular flexibility index (Phi) is 8.06. The molecule has 0 bridgehead atoms. The van der Waals surface area contributed by atoms with Gasteiger partial charge in [-0.05, 0) is 48.1 Å². The van der Waals surface area contributed by atoms with Gasteiger partial charge in [-0.2, -0.15) is 5.21 Å². The van der Waals surface area contributed by atoms with Crippen molar-refractivity contribution >= 4 is 34.3 Å². The smallest absolute Gasteiger partial charge is 0.175 e. The van der Waals surface area contributed by atoms with Crippen LogP contribution >= 0.6 is 23.4 Å². The Labute approximate surface area is 271 Å². The highest BCUT2D eigenvalue weighted by Crippen LogP contribution is 2.48. The van der Waals surface area contributed by atoms with Crippen LogP contribution in [0.2, 0.25) is 5.02 Å². The number of aromatic nitrogens is 7. The third-order valence-corrected chi connectivity index (χ3v) is 9.74. The van der Waals surface area contributed by atoms with Crippen LogP contribution in [0.1, 0.15) is 49.1 Å². The molecule has 1 atom stereocenters. The topological polar surface area (TPSA) is 94.4 Å². The predicted molar refractivity (Wildman–Crippen MR) is 179 cm³/mol. The number of tetrazole rings is 1. The molecule has 0 aliphatic carbocycles. The van der Waals surface area contributed by atoms with Crippen LogP contribution in [0.15, 0.2) is 84.0 Å². The van der Waals surface area contributed by atoms with Crippen molar-refractivity contribution < 1.29 is 4.74 Å². The van der Waals surface area contributed by atoms with Gasteiger partial charge >= 0.3 is 0 Å². The lowest BCUT2D eigenvalue weighted by atomic mass is 9.84. The molecule has 8 nitrogen and oxygen atoms in total. The van der Waals surface area contributed by atoms with Gasteiger partial charge in [-0.15, -0.1) is 22.0 Å². The fraction of sp³-hybridized carbons (Fsp3) is 0.286. The normalized spacial score (nSPS) is 14.6. The number of hydrogen-bond acceptors (Lipinski definition) is 7. The second-order valence-corrected chi connectivity index (χ2v) is 14.3. The van der Waals surface area contributed by atoms with E-state index in [1.54, 1.807) is 0 Å². The van der Waals surface area contributed by atoms with Crippen molar-refractivity contribution in [1.82, 2.24) is 35.2 Å². The standard InChI is InChI=1S/C35H34ClN7OS/c1-22-15-27-31(44-21-26-18-38-28(19-37-26)24-7-5-4-6-8-24)14-13-29-33(27)34(45-22)30(16-35(2,3)17-32-39-41-42-40-32)43(29)20-23-9-11-25(36)12-10-23/h4-14,18-19,22H,15-17,20-21H2,1-3H3,(H,39,40,41,42). The Morgan fingerprint density at radius 3 is 2.56 bits per heavy atom. The Balaban J connectivity index is 1.24. The molecule has 3 aromatic heterocycles. The highest BCUT2D eigenvalue weighted by atomic mass is 35.5. The third kappa shape index (κ3) is 6.32. The minimum absolute atomic E-state index is 0.0994. The van der Waals surface area contributed by atoms with Crippen LogP contribution in [0, 0.1) is 5.41 Å². The van der Waals surface area contributed by atoms with Gasteiger partial charge in [-0.25, -0.2) is 0 Å². The largest absolute Gasteiger partial charge is 0.487 e. The number of ether oxygens (including phenoxy) is 1. The van der Waals surface area contributed by atoms with Crippen molar-refractivity contribution in [2.75, 3.05) is 0 Å². The molecule has 1 aliphatic rings. The van der Waals surface area contributed by atoms with Gasteiger partial charge in [0.2, 0.25) is 0 Å². The lowest BCUT2D eigenvalue weighted by Crippen LogP contribution is -2.22. The first kappa shape index (κ1) is 29.5. The summed E-state index contributed by atoms with van der Waals surface area (Å²) < 4.78 is 8.98. The zero-order chi connectivity index (χ0) is 31.0. The quantitative estimate of drug-likeness (QED) is 0.164. The number of aromatic amines is 1. The second kappa shape index (κ2) is 12.3. The van der Waals surface area contributed by atoms with E-state index in [0.29, 0.717) is 11.9 Å². The number of hydrogen-bond donors (Lipinski definition) is 1. The fourth-order valence-electron chi connectivity index (χ4n) is 6.17. The average Bonchev–Trinajstić information content (AvgIpc) is 3.64. The number of H-pyrrole nitrogens is 1. The Morgan fingerprint density at radius 2 is 1.82 bits per heavy atom. The molecule has 228 valence electrons. The second-order valence-electron chi connectivity index (χ2n) is 12.5. The molecule has 1 aliphatic heterocycles. The summed E-state index contributed by atoms with van der Waals surface area (Å²) in [4.78, 5) is 10.6. The molecular formula is C35H34ClN7OS. The molecule has 1 N–H and O–H groups in total. The summed E-state index contributed by atoms with van der Waals surface area (Å²) in [6, 6.07) is 22.6. The summed E-state index contributed by atoms with van der Waals surface area (Å²) in [5.74, 6) is 1.64. The van der Waals surface area contributed by atoms with Crippen LogP contribution in [0.25, 0.3) is 22.2 Å². The van der Waals surface area contributed by atoms with E-state index in [4.69, 9.17) is 16.3 Å². The third-order valence-electron chi connectivity index (χ3n) is 8.24. The minimum atomic E-state index is -0.0994. The predicted octanol–water partition coefficient (Wildman–Crippen LogP) is 7.74. The van der Waals surface area contributed by atoms with E-state index in [1.807, 2.05) is 66.6 Å². The fourth-order valence-corrected chi connectivity index (χ4v) is 7.61. The Morgan fingerprint density at radius 1 is 1.00 bits per heavy atom. The van der Waals surface area contributed by atoms with Crippen molar-refractivity contribution in [2.45, 2.75) is 63.3 Å². The van der Waals surface area contributed by atoms with Crippen molar-refractivity contribution in [3.8, 4) is 17.0 Å². The van der Waals surface area contributed by atoms with Crippen molar-refractivity contribution in [1.29, 1.82) is 0 Å². The van der Waals surface area contributed by atoms with Gasteiger partial charge in [0, 0.05) is 50.3 Å². The molecule has 0 saturated heterocycles. The van der Waals surface area contributed by atoms with Crippen LogP contribution in [0.5, 0.6) is 5.75 Å². The summed E-state index contributed by atoms with van der Waals surface area (Å²) >= 11 is 8.21. The number of benzene rings is 3. The highest BCUT2D eigenvalue weighted by Gasteiger charge is 2.32. The lowest BCUT2D eigenvalue weighted by Gasteiger charge is -2.26. The molecule has 0 saturated carbocycles. The molecule has 10 heteroatoms. The van der Waals surface area contributed by atoms with E-state index in [1.165, 1.54) is 32.6 Å². The SMILES string of the molecule is CC1Cc2c(OCc3cnc(-c4ccccc4)cn3)ccc3c2c(c(CC(C)(C)Cc2nn[nH]n2)n3Cc2ccc(Cl)cc2)S1. The maximum Gasteiger partial charge on any atom is 0.175 e. The molecule has 3 aromatic carbocycles. The maximum absolute atomic E-state index is 6.49. The Bertz CT molecular complexity index is 1920. The van der Waals surface area contributed by atoms with E-state index in [-0.39, 0.29) is 5.41 Å². The van der Waals surface area contributed by atoms with E-state index in [2.05, 4.69) is 80.2 Å². The van der Waals surface area contributed by atoms with Crippen LogP contribution < -0.4 is 4.74 Å². The van der Waals surface area contributed by atoms with Gasteiger partial charge in [0.1, 0.15) is 12.4 Å². The van der Waals surface area contributed by atoms with Gasteiger partial charge in [-0.1, -0.05) is 80.1 Å². The van der Waals surface area contributed by atoms with Crippen LogP contribution in [0.4, 0.5) is 0 Å². The zero-order valence-corrected chi connectivity index (χ0v) is 27.1. The molecule has 7 rings (SSSR count). The molecule has 6 aromatic rings. The van der Waals surface area contributed by atoms with Crippen LogP contribution in [-0.2, 0) is 32.4 Å². The van der Waals surface area contributed by atoms with Crippen molar-refractivity contribution in [3.05, 3.63) is 112 Å². The van der Waals surface area contributed by atoms with E-state index >= 15 is 0 Å². The summed E-state index contributed by atoms with van der Waals surface area (Å²) in [6.07, 6.45) is 6.13. The molecule has 0 amide bonds. The minimum Gasteiger partial charge on any atom is -0.487 e. The number of halogens is 1. The number of rotatable bonds is 10. The number of nitrogens with one attached hydrogen (secondary N) is 1. The maximum atomic E-state index is 6.49. The molecule has 0 fully saturated rings. The first-order valence-electron chi connectivity index (χ1n) is 15.1. The van der Waals surface area contributed by atoms with Crippen molar-refractivity contribution in [3.63, 3.8) is 0 Å². The molecule has 0 radical (unpaired) electrons. The summed E-state index contributed by atoms with van der Waals surface area (Å²) in [5, 5.41) is 17.3. The van der Waals surface area contributed by atoms with E-state index in [0.717, 1.165) is 59.4 Å². The zero-order valence-electron chi connectivity index (χ0n) is 25.5. The summed E-state index contributed by atoms with van der Waals surface area (Å²) in [6.45, 7) is 7.95. The first-order chi connectivity index (χ1) is 21.8. The van der Waals surface area contributed by atoms with Gasteiger partial charge in [0.05, 0.1) is 29.3 Å². The van der Waals surface area contributed by atoms with E-state index < -0.39 is 0 Å². The Hall–Kier alpha value is -4.21. The van der Waals surface area contributed by atoms with Crippen LogP contribution in [0.3, 0.4) is 0 Å². The van der Waals surface area contributed by atoms with Gasteiger partial charge in [-0.3, -0.25) is 9.97 Å². The molecule has 45 heavy (non-hydrogen) atoms. The number of nitrogens with zero attached hydrogens (tertiary/aromatic N) is 6. The van der Waals surface area contributed by atoms with E-state index in [9.17, 15) is 0 Å². The van der Waals surface area contributed by atoms with Gasteiger partial charge in [0.15, 0.2) is 5.82 Å². The van der Waals surface area contributed by atoms with Crippen LogP contribution in [-0.4, -0.2) is 40.4 Å². The molecule has 0 spiro atoms. The summed E-state index contributed by atoms with van der Waals surface area (Å²) in [7, 11) is 0. The van der Waals surface area contributed by atoms with Gasteiger partial charge < -0.3 is 9.30 Å². The van der Waals surface area contributed by atoms with Crippen molar-refractivity contribution in [2.24, 2.45) is 5.41 Å². The molecule has 1 unspecified atom stereocenters. The highest BCUT2D eigenvalue weighted by molar-refractivity contribution is 8.00. The molecule has 4 heterocycles.